The second-order valence-corrected chi connectivity index (χ2v) is 8.18. The van der Waals surface area contributed by atoms with Gasteiger partial charge in [-0.25, -0.2) is 4.98 Å². The predicted octanol–water partition coefficient (Wildman–Crippen LogP) is 5.49. The van der Waals surface area contributed by atoms with E-state index in [4.69, 9.17) is 16.3 Å². The van der Waals surface area contributed by atoms with Gasteiger partial charge >= 0.3 is 0 Å². The van der Waals surface area contributed by atoms with Gasteiger partial charge in [-0.1, -0.05) is 11.6 Å². The molecule has 140 valence electrons. The fourth-order valence-corrected chi connectivity index (χ4v) is 3.95. The maximum absolute atomic E-state index is 6.04. The van der Waals surface area contributed by atoms with Gasteiger partial charge in [0, 0.05) is 33.4 Å². The molecule has 0 spiro atoms. The minimum atomic E-state index is 0.197. The van der Waals surface area contributed by atoms with Gasteiger partial charge in [0.15, 0.2) is 0 Å². The molecule has 0 N–H and O–H groups in total. The molecule has 1 aliphatic rings. The summed E-state index contributed by atoms with van der Waals surface area (Å²) in [6.07, 6.45) is 5.96. The molecule has 0 aliphatic heterocycles. The number of benzene rings is 1. The molecule has 0 saturated heterocycles. The Labute approximate surface area is 171 Å². The molecule has 1 fully saturated rings. The van der Waals surface area contributed by atoms with E-state index in [1.165, 1.54) is 0 Å². The van der Waals surface area contributed by atoms with E-state index < -0.39 is 0 Å². The fraction of sp³-hybridized carbons (Fsp3) is 0.350. The van der Waals surface area contributed by atoms with Crippen LogP contribution < -0.4 is 4.74 Å². The van der Waals surface area contributed by atoms with Crippen LogP contribution in [0.25, 0.3) is 5.69 Å². The molecule has 4 rings (SSSR count). The summed E-state index contributed by atoms with van der Waals surface area (Å²) in [6, 6.07) is 11.7. The highest BCUT2D eigenvalue weighted by Gasteiger charge is 2.28. The van der Waals surface area contributed by atoms with Crippen LogP contribution >= 0.6 is 27.5 Å². The number of aryl methyl sites for hydroxylation is 1. The topological polar surface area (TPSA) is 52.8 Å². The molecule has 0 bridgehead atoms. The molecule has 27 heavy (non-hydrogen) atoms. The number of rotatable bonds is 4. The quantitative estimate of drug-likeness (QED) is 0.530. The lowest BCUT2D eigenvalue weighted by molar-refractivity contribution is 0.139. The second-order valence-electron chi connectivity index (χ2n) is 6.82. The number of ether oxygens (including phenoxy) is 1. The summed E-state index contributed by atoms with van der Waals surface area (Å²) >= 11 is 9.43. The highest BCUT2D eigenvalue weighted by Crippen LogP contribution is 2.35. The first-order valence-electron chi connectivity index (χ1n) is 9.06. The maximum Gasteiger partial charge on any atom is 0.213 e. The standard InChI is InChI=1S/C20H20BrClN4O/c1-13-24-25-20(26(13)17-7-5-16(22)6-8-17)14-2-9-18(10-3-14)27-19-11-4-15(21)12-23-19/h4-8,11-12,14,18H,2-3,9-10H2,1H3/t14-,18-. The summed E-state index contributed by atoms with van der Waals surface area (Å²) in [5.74, 6) is 2.97. The van der Waals surface area contributed by atoms with Gasteiger partial charge in [-0.15, -0.1) is 10.2 Å². The molecule has 2 aromatic heterocycles. The molecule has 3 aromatic rings. The molecule has 1 aliphatic carbocycles. The molecule has 0 atom stereocenters. The first-order chi connectivity index (χ1) is 13.1. The van der Waals surface area contributed by atoms with E-state index in [0.29, 0.717) is 11.8 Å². The highest BCUT2D eigenvalue weighted by molar-refractivity contribution is 9.10. The van der Waals surface area contributed by atoms with E-state index >= 15 is 0 Å². The molecule has 1 saturated carbocycles. The average molecular weight is 448 g/mol. The molecule has 0 radical (unpaired) electrons. The molecule has 0 unspecified atom stereocenters. The van der Waals surface area contributed by atoms with Crippen LogP contribution in [0, 0.1) is 6.92 Å². The van der Waals surface area contributed by atoms with E-state index in [1.807, 2.05) is 43.3 Å². The van der Waals surface area contributed by atoms with Crippen molar-refractivity contribution in [1.29, 1.82) is 0 Å². The van der Waals surface area contributed by atoms with Crippen LogP contribution in [0.2, 0.25) is 5.02 Å². The van der Waals surface area contributed by atoms with E-state index in [0.717, 1.165) is 52.5 Å². The van der Waals surface area contributed by atoms with E-state index in [-0.39, 0.29) is 6.10 Å². The van der Waals surface area contributed by atoms with Crippen molar-refractivity contribution in [2.45, 2.75) is 44.6 Å². The number of nitrogens with zero attached hydrogens (tertiary/aromatic N) is 4. The van der Waals surface area contributed by atoms with Crippen molar-refractivity contribution >= 4 is 27.5 Å². The van der Waals surface area contributed by atoms with E-state index in [1.54, 1.807) is 6.20 Å². The number of hydrogen-bond donors (Lipinski definition) is 0. The molecular weight excluding hydrogens is 428 g/mol. The van der Waals surface area contributed by atoms with Crippen LogP contribution in [0.3, 0.4) is 0 Å². The van der Waals surface area contributed by atoms with Gasteiger partial charge in [0.05, 0.1) is 0 Å². The largest absolute Gasteiger partial charge is 0.474 e. The number of aromatic nitrogens is 4. The maximum atomic E-state index is 6.04. The Morgan fingerprint density at radius 3 is 2.44 bits per heavy atom. The van der Waals surface area contributed by atoms with Crippen molar-refractivity contribution in [1.82, 2.24) is 19.7 Å². The van der Waals surface area contributed by atoms with Crippen LogP contribution in [0.4, 0.5) is 0 Å². The third kappa shape index (κ3) is 4.17. The van der Waals surface area contributed by atoms with Crippen molar-refractivity contribution in [3.8, 4) is 11.6 Å². The SMILES string of the molecule is Cc1nnc([C@H]2CC[C@H](Oc3ccc(Br)cn3)CC2)n1-c1ccc(Cl)cc1. The Balaban J connectivity index is 1.45. The van der Waals surface area contributed by atoms with Crippen molar-refractivity contribution < 1.29 is 4.74 Å². The zero-order chi connectivity index (χ0) is 18.8. The van der Waals surface area contributed by atoms with Crippen LogP contribution in [0.15, 0.2) is 47.1 Å². The first kappa shape index (κ1) is 18.4. The minimum Gasteiger partial charge on any atom is -0.474 e. The van der Waals surface area contributed by atoms with Gasteiger partial charge in [-0.05, 0) is 78.9 Å². The Morgan fingerprint density at radius 1 is 1.04 bits per heavy atom. The molecule has 2 heterocycles. The zero-order valence-electron chi connectivity index (χ0n) is 15.0. The summed E-state index contributed by atoms with van der Waals surface area (Å²) in [7, 11) is 0. The van der Waals surface area contributed by atoms with E-state index in [2.05, 4.69) is 35.7 Å². The predicted molar refractivity (Wildman–Crippen MR) is 109 cm³/mol. The Bertz CT molecular complexity index is 903. The summed E-state index contributed by atoms with van der Waals surface area (Å²) in [5, 5.41) is 9.53. The molecular formula is C20H20BrClN4O. The third-order valence-electron chi connectivity index (χ3n) is 4.96. The molecule has 5 nitrogen and oxygen atoms in total. The Kier molecular flexibility index (Phi) is 5.45. The molecule has 1 aromatic carbocycles. The van der Waals surface area contributed by atoms with Crippen LogP contribution in [-0.2, 0) is 0 Å². The average Bonchev–Trinajstić information content (AvgIpc) is 3.06. The summed E-state index contributed by atoms with van der Waals surface area (Å²) in [4.78, 5) is 4.31. The summed E-state index contributed by atoms with van der Waals surface area (Å²) in [5.41, 5.74) is 1.05. The Hall–Kier alpha value is -1.92. The van der Waals surface area contributed by atoms with Gasteiger partial charge in [-0.2, -0.15) is 0 Å². The Morgan fingerprint density at radius 2 is 1.78 bits per heavy atom. The number of hydrogen-bond acceptors (Lipinski definition) is 4. The van der Waals surface area contributed by atoms with Crippen LogP contribution in [-0.4, -0.2) is 25.9 Å². The molecule has 0 amide bonds. The number of pyridine rings is 1. The van der Waals surface area contributed by atoms with Gasteiger partial charge in [0.2, 0.25) is 5.88 Å². The second kappa shape index (κ2) is 7.98. The number of halogens is 2. The van der Waals surface area contributed by atoms with Gasteiger partial charge in [0.1, 0.15) is 17.8 Å². The highest BCUT2D eigenvalue weighted by atomic mass is 79.9. The minimum absolute atomic E-state index is 0.197. The van der Waals surface area contributed by atoms with Gasteiger partial charge in [-0.3, -0.25) is 4.57 Å². The lowest BCUT2D eigenvalue weighted by Gasteiger charge is -2.28. The molecule has 7 heteroatoms. The smallest absolute Gasteiger partial charge is 0.213 e. The van der Waals surface area contributed by atoms with Crippen molar-refractivity contribution in [2.24, 2.45) is 0 Å². The normalized spacial score (nSPS) is 19.8. The fourth-order valence-electron chi connectivity index (χ4n) is 3.59. The lowest BCUT2D eigenvalue weighted by atomic mass is 9.86. The third-order valence-corrected chi connectivity index (χ3v) is 5.68. The first-order valence-corrected chi connectivity index (χ1v) is 10.2. The lowest BCUT2D eigenvalue weighted by Crippen LogP contribution is -2.25. The van der Waals surface area contributed by atoms with Crippen LogP contribution in [0.1, 0.15) is 43.3 Å². The summed E-state index contributed by atoms with van der Waals surface area (Å²) in [6.45, 7) is 1.99. The van der Waals surface area contributed by atoms with Crippen molar-refractivity contribution in [2.75, 3.05) is 0 Å². The van der Waals surface area contributed by atoms with E-state index in [9.17, 15) is 0 Å². The van der Waals surface area contributed by atoms with Crippen molar-refractivity contribution in [3.63, 3.8) is 0 Å². The van der Waals surface area contributed by atoms with Crippen LogP contribution in [0.5, 0.6) is 5.88 Å². The summed E-state index contributed by atoms with van der Waals surface area (Å²) < 4.78 is 9.13. The van der Waals surface area contributed by atoms with Gasteiger partial charge in [0.25, 0.3) is 0 Å². The monoisotopic (exact) mass is 446 g/mol. The van der Waals surface area contributed by atoms with Gasteiger partial charge < -0.3 is 4.74 Å². The van der Waals surface area contributed by atoms with Crippen molar-refractivity contribution in [3.05, 3.63) is 63.7 Å². The zero-order valence-corrected chi connectivity index (χ0v) is 17.3.